The standard InChI is InChI=1S/C13H16BrNO4S/c1-3-4-15-10(16)6-19-12(13(17)18)11(15)9-5-8(14)7(2)20-9/h5,11-12H,3-4,6H2,1-2H3,(H,17,18). The smallest absolute Gasteiger partial charge is 0.335 e. The minimum absolute atomic E-state index is 0.156. The van der Waals surface area contributed by atoms with Crippen LogP contribution in [0, 0.1) is 6.92 Å². The highest BCUT2D eigenvalue weighted by Crippen LogP contribution is 2.38. The van der Waals surface area contributed by atoms with Gasteiger partial charge in [-0.3, -0.25) is 4.79 Å². The number of carbonyl (C=O) groups excluding carboxylic acids is 1. The molecule has 0 spiro atoms. The van der Waals surface area contributed by atoms with E-state index >= 15 is 0 Å². The summed E-state index contributed by atoms with van der Waals surface area (Å²) in [5, 5.41) is 9.35. The van der Waals surface area contributed by atoms with Crippen molar-refractivity contribution in [1.29, 1.82) is 0 Å². The van der Waals surface area contributed by atoms with E-state index < -0.39 is 18.1 Å². The highest BCUT2D eigenvalue weighted by Gasteiger charge is 2.42. The monoisotopic (exact) mass is 361 g/mol. The van der Waals surface area contributed by atoms with Crippen molar-refractivity contribution in [2.45, 2.75) is 32.4 Å². The summed E-state index contributed by atoms with van der Waals surface area (Å²) >= 11 is 4.92. The van der Waals surface area contributed by atoms with E-state index in [1.807, 2.05) is 19.9 Å². The number of carboxylic acids is 1. The van der Waals surface area contributed by atoms with E-state index in [9.17, 15) is 14.7 Å². The molecule has 2 atom stereocenters. The third-order valence-electron chi connectivity index (χ3n) is 3.20. The van der Waals surface area contributed by atoms with Crippen molar-refractivity contribution in [2.24, 2.45) is 0 Å². The van der Waals surface area contributed by atoms with Gasteiger partial charge in [0.1, 0.15) is 12.6 Å². The van der Waals surface area contributed by atoms with Gasteiger partial charge in [0.05, 0.1) is 0 Å². The SMILES string of the molecule is CCCN1C(=O)COC(C(=O)O)C1c1cc(Br)c(C)s1. The number of thiophene rings is 1. The van der Waals surface area contributed by atoms with Crippen molar-refractivity contribution in [2.75, 3.05) is 13.2 Å². The number of halogens is 1. The quantitative estimate of drug-likeness (QED) is 0.894. The van der Waals surface area contributed by atoms with Crippen molar-refractivity contribution in [3.8, 4) is 0 Å². The van der Waals surface area contributed by atoms with Crippen LogP contribution < -0.4 is 0 Å². The number of nitrogens with zero attached hydrogens (tertiary/aromatic N) is 1. The van der Waals surface area contributed by atoms with Crippen LogP contribution in [0.15, 0.2) is 10.5 Å². The van der Waals surface area contributed by atoms with Gasteiger partial charge in [-0.1, -0.05) is 6.92 Å². The molecule has 1 aromatic rings. The van der Waals surface area contributed by atoms with Gasteiger partial charge < -0.3 is 14.7 Å². The number of rotatable bonds is 4. The minimum atomic E-state index is -1.04. The predicted octanol–water partition coefficient (Wildman–Crippen LogP) is 2.58. The van der Waals surface area contributed by atoms with E-state index in [1.54, 1.807) is 4.90 Å². The summed E-state index contributed by atoms with van der Waals surface area (Å²) in [7, 11) is 0. The van der Waals surface area contributed by atoms with Crippen molar-refractivity contribution >= 4 is 39.1 Å². The molecule has 7 heteroatoms. The molecule has 1 amide bonds. The van der Waals surface area contributed by atoms with Crippen LogP contribution in [0.5, 0.6) is 0 Å². The molecule has 1 aliphatic heterocycles. The summed E-state index contributed by atoms with van der Waals surface area (Å²) in [6.45, 7) is 4.28. The van der Waals surface area contributed by atoms with Crippen LogP contribution in [0.3, 0.4) is 0 Å². The van der Waals surface area contributed by atoms with Crippen LogP contribution in [0.2, 0.25) is 0 Å². The molecular formula is C13H16BrNO4S. The maximum Gasteiger partial charge on any atom is 0.335 e. The lowest BCUT2D eigenvalue weighted by Crippen LogP contribution is -2.51. The van der Waals surface area contributed by atoms with Crippen LogP contribution in [0.25, 0.3) is 0 Å². The van der Waals surface area contributed by atoms with Crippen LogP contribution in [-0.2, 0) is 14.3 Å². The van der Waals surface area contributed by atoms with Gasteiger partial charge >= 0.3 is 5.97 Å². The molecular weight excluding hydrogens is 346 g/mol. The fourth-order valence-electron chi connectivity index (χ4n) is 2.29. The Kier molecular flexibility index (Phi) is 4.82. The maximum absolute atomic E-state index is 12.0. The van der Waals surface area contributed by atoms with Gasteiger partial charge in [0.25, 0.3) is 0 Å². The van der Waals surface area contributed by atoms with Crippen LogP contribution >= 0.6 is 27.3 Å². The van der Waals surface area contributed by atoms with Crippen molar-refractivity contribution in [3.05, 3.63) is 20.3 Å². The Bertz CT molecular complexity index is 511. The summed E-state index contributed by atoms with van der Waals surface area (Å²) < 4.78 is 6.17. The maximum atomic E-state index is 12.0. The van der Waals surface area contributed by atoms with Crippen molar-refractivity contribution in [3.63, 3.8) is 0 Å². The average Bonchev–Trinajstić information content (AvgIpc) is 2.71. The second kappa shape index (κ2) is 6.24. The number of ether oxygens (including phenoxy) is 1. The number of aliphatic carboxylic acids is 1. The second-order valence-electron chi connectivity index (χ2n) is 4.65. The molecule has 2 heterocycles. The van der Waals surface area contributed by atoms with Gasteiger partial charge in [0.2, 0.25) is 5.91 Å². The summed E-state index contributed by atoms with van der Waals surface area (Å²) in [5.41, 5.74) is 0. The molecule has 0 radical (unpaired) electrons. The fraction of sp³-hybridized carbons (Fsp3) is 0.538. The zero-order valence-corrected chi connectivity index (χ0v) is 13.7. The normalized spacial score (nSPS) is 23.1. The van der Waals surface area contributed by atoms with Crippen LogP contribution in [-0.4, -0.2) is 41.1 Å². The summed E-state index contributed by atoms with van der Waals surface area (Å²) in [6, 6.07) is 1.33. The second-order valence-corrected chi connectivity index (χ2v) is 6.80. The molecule has 1 aromatic heterocycles. The number of hydrogen-bond donors (Lipinski definition) is 1. The van der Waals surface area contributed by atoms with Gasteiger partial charge in [-0.15, -0.1) is 11.3 Å². The zero-order valence-electron chi connectivity index (χ0n) is 11.3. The average molecular weight is 362 g/mol. The van der Waals surface area contributed by atoms with Crippen molar-refractivity contribution < 1.29 is 19.4 Å². The number of carboxylic acid groups (broad SMARTS) is 1. The summed E-state index contributed by atoms with van der Waals surface area (Å²) in [5.74, 6) is -1.19. The van der Waals surface area contributed by atoms with Crippen LogP contribution in [0.1, 0.15) is 29.1 Å². The first-order valence-corrected chi connectivity index (χ1v) is 7.96. The van der Waals surface area contributed by atoms with Gasteiger partial charge in [-0.2, -0.15) is 0 Å². The van der Waals surface area contributed by atoms with E-state index in [0.29, 0.717) is 6.54 Å². The first-order chi connectivity index (χ1) is 9.45. The molecule has 1 aliphatic rings. The number of hydrogen-bond acceptors (Lipinski definition) is 4. The van der Waals surface area contributed by atoms with Crippen LogP contribution in [0.4, 0.5) is 0 Å². The van der Waals surface area contributed by atoms with E-state index in [-0.39, 0.29) is 12.5 Å². The van der Waals surface area contributed by atoms with E-state index in [4.69, 9.17) is 4.74 Å². The van der Waals surface area contributed by atoms with Gasteiger partial charge in [0, 0.05) is 20.8 Å². The highest BCUT2D eigenvalue weighted by atomic mass is 79.9. The Labute approximate surface area is 129 Å². The Balaban J connectivity index is 2.42. The first kappa shape index (κ1) is 15.5. The summed E-state index contributed by atoms with van der Waals surface area (Å²) in [4.78, 5) is 27.0. The van der Waals surface area contributed by atoms with E-state index in [2.05, 4.69) is 15.9 Å². The summed E-state index contributed by atoms with van der Waals surface area (Å²) in [6.07, 6.45) is -0.232. The Morgan fingerprint density at radius 2 is 2.35 bits per heavy atom. The molecule has 2 rings (SSSR count). The lowest BCUT2D eigenvalue weighted by Gasteiger charge is -2.38. The Morgan fingerprint density at radius 1 is 1.65 bits per heavy atom. The topological polar surface area (TPSA) is 66.8 Å². The number of amides is 1. The number of morpholine rings is 1. The molecule has 1 saturated heterocycles. The highest BCUT2D eigenvalue weighted by molar-refractivity contribution is 9.10. The lowest BCUT2D eigenvalue weighted by molar-refractivity contribution is -0.173. The first-order valence-electron chi connectivity index (χ1n) is 6.35. The van der Waals surface area contributed by atoms with Gasteiger partial charge in [0.15, 0.2) is 6.10 Å². The Morgan fingerprint density at radius 3 is 2.85 bits per heavy atom. The fourth-order valence-corrected chi connectivity index (χ4v) is 3.99. The molecule has 110 valence electrons. The predicted molar refractivity (Wildman–Crippen MR) is 78.9 cm³/mol. The van der Waals surface area contributed by atoms with Gasteiger partial charge in [-0.05, 0) is 35.3 Å². The van der Waals surface area contributed by atoms with E-state index in [0.717, 1.165) is 20.6 Å². The number of aryl methyl sites for hydroxylation is 1. The molecule has 1 N–H and O–H groups in total. The third kappa shape index (κ3) is 2.89. The lowest BCUT2D eigenvalue weighted by atomic mass is 10.0. The zero-order chi connectivity index (χ0) is 14.9. The third-order valence-corrected chi connectivity index (χ3v) is 5.41. The minimum Gasteiger partial charge on any atom is -0.479 e. The molecule has 0 aromatic carbocycles. The van der Waals surface area contributed by atoms with E-state index in [1.165, 1.54) is 11.3 Å². The largest absolute Gasteiger partial charge is 0.479 e. The molecule has 0 aliphatic carbocycles. The molecule has 0 bridgehead atoms. The molecule has 5 nitrogen and oxygen atoms in total. The van der Waals surface area contributed by atoms with Gasteiger partial charge in [-0.25, -0.2) is 4.79 Å². The Hall–Kier alpha value is -0.920. The van der Waals surface area contributed by atoms with Crippen molar-refractivity contribution in [1.82, 2.24) is 4.90 Å². The number of carbonyl (C=O) groups is 2. The molecule has 20 heavy (non-hydrogen) atoms. The molecule has 0 saturated carbocycles. The molecule has 2 unspecified atom stereocenters. The molecule has 1 fully saturated rings.